The summed E-state index contributed by atoms with van der Waals surface area (Å²) in [6, 6.07) is 11.4. The molecule has 0 radical (unpaired) electrons. The molecule has 0 unspecified atom stereocenters. The topological polar surface area (TPSA) is 58.6 Å². The van der Waals surface area contributed by atoms with Gasteiger partial charge in [-0.25, -0.2) is 0 Å². The van der Waals surface area contributed by atoms with Gasteiger partial charge in [0.1, 0.15) is 5.69 Å². The highest BCUT2D eigenvalue weighted by Gasteiger charge is 2.06. The van der Waals surface area contributed by atoms with Crippen LogP contribution < -0.4 is 0 Å². The summed E-state index contributed by atoms with van der Waals surface area (Å²) < 4.78 is 0. The Morgan fingerprint density at radius 3 is 2.71 bits per heavy atom. The first-order valence-corrected chi connectivity index (χ1v) is 5.24. The van der Waals surface area contributed by atoms with E-state index in [0.717, 1.165) is 22.2 Å². The number of aldehydes is 1. The van der Waals surface area contributed by atoms with Crippen molar-refractivity contribution in [3.05, 3.63) is 48.3 Å². The van der Waals surface area contributed by atoms with E-state index in [2.05, 4.69) is 15.2 Å². The predicted octanol–water partition coefficient (Wildman–Crippen LogP) is 2.44. The summed E-state index contributed by atoms with van der Waals surface area (Å²) >= 11 is 0. The molecule has 0 atom stereocenters. The Kier molecular flexibility index (Phi) is 2.19. The molecule has 4 heteroatoms. The Balaban J connectivity index is 2.16. The average Bonchev–Trinajstić information content (AvgIpc) is 2.83. The van der Waals surface area contributed by atoms with E-state index in [4.69, 9.17) is 0 Å². The van der Waals surface area contributed by atoms with Crippen molar-refractivity contribution < 1.29 is 4.79 Å². The van der Waals surface area contributed by atoms with E-state index in [1.165, 1.54) is 0 Å². The molecule has 3 aromatic rings. The summed E-state index contributed by atoms with van der Waals surface area (Å²) in [5, 5.41) is 8.97. The zero-order valence-electron chi connectivity index (χ0n) is 8.92. The summed E-state index contributed by atoms with van der Waals surface area (Å²) in [5.41, 5.74) is 3.15. The first-order chi connectivity index (χ1) is 8.38. The minimum Gasteiger partial charge on any atom is -0.360 e. The lowest BCUT2D eigenvalue weighted by atomic mass is 10.1. The molecule has 4 nitrogen and oxygen atoms in total. The molecule has 0 aliphatic carbocycles. The van der Waals surface area contributed by atoms with Gasteiger partial charge in [-0.3, -0.25) is 4.79 Å². The lowest BCUT2D eigenvalue weighted by molar-refractivity contribution is 0.111. The van der Waals surface area contributed by atoms with Gasteiger partial charge in [0, 0.05) is 22.7 Å². The van der Waals surface area contributed by atoms with Crippen LogP contribution in [0, 0.1) is 0 Å². The highest BCUT2D eigenvalue weighted by Crippen LogP contribution is 2.26. The van der Waals surface area contributed by atoms with Crippen molar-refractivity contribution >= 4 is 17.2 Å². The highest BCUT2D eigenvalue weighted by molar-refractivity contribution is 5.94. The fraction of sp³-hybridized carbons (Fsp3) is 0. The van der Waals surface area contributed by atoms with E-state index in [-0.39, 0.29) is 0 Å². The van der Waals surface area contributed by atoms with Crippen LogP contribution in [0.3, 0.4) is 0 Å². The first kappa shape index (κ1) is 9.72. The largest absolute Gasteiger partial charge is 0.360 e. The molecular weight excluding hydrogens is 214 g/mol. The summed E-state index contributed by atoms with van der Waals surface area (Å²) in [6.07, 6.45) is 2.58. The van der Waals surface area contributed by atoms with Crippen LogP contribution in [0.4, 0.5) is 0 Å². The molecular formula is C13H9N3O. The fourth-order valence-corrected chi connectivity index (χ4v) is 1.83. The molecule has 0 saturated heterocycles. The van der Waals surface area contributed by atoms with Crippen LogP contribution in [0.15, 0.2) is 42.6 Å². The molecule has 17 heavy (non-hydrogen) atoms. The predicted molar refractivity (Wildman–Crippen MR) is 64.7 cm³/mol. The van der Waals surface area contributed by atoms with Crippen LogP contribution >= 0.6 is 0 Å². The Morgan fingerprint density at radius 1 is 1.06 bits per heavy atom. The number of para-hydroxylation sites is 1. The maximum absolute atomic E-state index is 10.5. The van der Waals surface area contributed by atoms with Crippen LogP contribution in [-0.2, 0) is 0 Å². The Bertz CT molecular complexity index is 670. The van der Waals surface area contributed by atoms with Gasteiger partial charge in [-0.15, -0.1) is 10.2 Å². The van der Waals surface area contributed by atoms with Gasteiger partial charge >= 0.3 is 0 Å². The molecule has 0 aliphatic heterocycles. The lowest BCUT2D eigenvalue weighted by Crippen LogP contribution is -1.91. The molecule has 0 aliphatic rings. The molecule has 0 amide bonds. The Labute approximate surface area is 97.3 Å². The third-order valence-electron chi connectivity index (χ3n) is 2.67. The molecule has 1 aromatic carbocycles. The van der Waals surface area contributed by atoms with Crippen LogP contribution in [0.25, 0.3) is 22.2 Å². The van der Waals surface area contributed by atoms with Crippen LogP contribution in [0.5, 0.6) is 0 Å². The fourth-order valence-electron chi connectivity index (χ4n) is 1.83. The van der Waals surface area contributed by atoms with Crippen molar-refractivity contribution in [1.29, 1.82) is 0 Å². The molecule has 82 valence electrons. The molecule has 0 bridgehead atoms. The standard InChI is InChI=1S/C13H9N3O/c17-8-9-5-6-13(16-15-9)11-7-14-12-4-2-1-3-10(11)12/h1-8,14H. The van der Waals surface area contributed by atoms with Crippen molar-refractivity contribution in [3.8, 4) is 11.3 Å². The quantitative estimate of drug-likeness (QED) is 0.679. The van der Waals surface area contributed by atoms with Gasteiger partial charge in [0.05, 0.1) is 5.69 Å². The highest BCUT2D eigenvalue weighted by atomic mass is 16.1. The number of benzene rings is 1. The van der Waals surface area contributed by atoms with E-state index in [1.807, 2.05) is 30.5 Å². The number of fused-ring (bicyclic) bond motifs is 1. The van der Waals surface area contributed by atoms with E-state index in [1.54, 1.807) is 12.1 Å². The van der Waals surface area contributed by atoms with E-state index >= 15 is 0 Å². The van der Waals surface area contributed by atoms with Gasteiger partial charge < -0.3 is 4.98 Å². The molecule has 0 spiro atoms. The number of carbonyl (C=O) groups is 1. The van der Waals surface area contributed by atoms with Gasteiger partial charge in [0.15, 0.2) is 6.29 Å². The summed E-state index contributed by atoms with van der Waals surface area (Å²) in [5.74, 6) is 0. The van der Waals surface area contributed by atoms with Crippen molar-refractivity contribution in [2.24, 2.45) is 0 Å². The molecule has 2 heterocycles. The molecule has 2 aromatic heterocycles. The molecule has 0 saturated carbocycles. The Hall–Kier alpha value is -2.49. The second-order valence-electron chi connectivity index (χ2n) is 3.71. The first-order valence-electron chi connectivity index (χ1n) is 5.24. The number of H-pyrrole nitrogens is 1. The lowest BCUT2D eigenvalue weighted by Gasteiger charge is -1.97. The number of aromatic amines is 1. The zero-order valence-corrected chi connectivity index (χ0v) is 8.92. The van der Waals surface area contributed by atoms with Crippen LogP contribution in [-0.4, -0.2) is 21.5 Å². The van der Waals surface area contributed by atoms with Crippen LogP contribution in [0.2, 0.25) is 0 Å². The number of aromatic nitrogens is 3. The number of nitrogens with one attached hydrogen (secondary N) is 1. The minimum atomic E-state index is 0.341. The monoisotopic (exact) mass is 223 g/mol. The van der Waals surface area contributed by atoms with Gasteiger partial charge in [0.25, 0.3) is 0 Å². The number of hydrogen-bond acceptors (Lipinski definition) is 3. The van der Waals surface area contributed by atoms with E-state index in [0.29, 0.717) is 12.0 Å². The molecule has 3 rings (SSSR count). The van der Waals surface area contributed by atoms with Gasteiger partial charge in [0.2, 0.25) is 0 Å². The third kappa shape index (κ3) is 1.59. The van der Waals surface area contributed by atoms with Gasteiger partial charge in [-0.1, -0.05) is 18.2 Å². The van der Waals surface area contributed by atoms with Crippen molar-refractivity contribution in [3.63, 3.8) is 0 Å². The van der Waals surface area contributed by atoms with Crippen molar-refractivity contribution in [1.82, 2.24) is 15.2 Å². The van der Waals surface area contributed by atoms with Crippen molar-refractivity contribution in [2.45, 2.75) is 0 Å². The third-order valence-corrected chi connectivity index (χ3v) is 2.67. The number of nitrogens with zero attached hydrogens (tertiary/aromatic N) is 2. The van der Waals surface area contributed by atoms with E-state index in [9.17, 15) is 4.79 Å². The Morgan fingerprint density at radius 2 is 1.94 bits per heavy atom. The molecule has 1 N–H and O–H groups in total. The second kappa shape index (κ2) is 3.83. The summed E-state index contributed by atoms with van der Waals surface area (Å²) in [6.45, 7) is 0. The maximum atomic E-state index is 10.5. The van der Waals surface area contributed by atoms with Gasteiger partial charge in [-0.05, 0) is 18.2 Å². The van der Waals surface area contributed by atoms with Crippen LogP contribution in [0.1, 0.15) is 10.5 Å². The SMILES string of the molecule is O=Cc1ccc(-c2c[nH]c3ccccc23)nn1. The summed E-state index contributed by atoms with van der Waals surface area (Å²) in [7, 11) is 0. The second-order valence-corrected chi connectivity index (χ2v) is 3.71. The summed E-state index contributed by atoms with van der Waals surface area (Å²) in [4.78, 5) is 13.7. The average molecular weight is 223 g/mol. The molecule has 0 fully saturated rings. The minimum absolute atomic E-state index is 0.341. The maximum Gasteiger partial charge on any atom is 0.170 e. The van der Waals surface area contributed by atoms with Crippen molar-refractivity contribution in [2.75, 3.05) is 0 Å². The number of rotatable bonds is 2. The van der Waals surface area contributed by atoms with Gasteiger partial charge in [-0.2, -0.15) is 0 Å². The van der Waals surface area contributed by atoms with E-state index < -0.39 is 0 Å². The normalized spacial score (nSPS) is 10.6. The zero-order chi connectivity index (χ0) is 11.7. The number of carbonyl (C=O) groups excluding carboxylic acids is 1. The number of hydrogen-bond donors (Lipinski definition) is 1. The smallest absolute Gasteiger partial charge is 0.170 e.